The zero-order chi connectivity index (χ0) is 10.6. The van der Waals surface area contributed by atoms with Crippen LogP contribution in [0.4, 0.5) is 0 Å². The fourth-order valence-electron chi connectivity index (χ4n) is 0.959. The van der Waals surface area contributed by atoms with Crippen molar-refractivity contribution in [2.45, 2.75) is 26.8 Å². The van der Waals surface area contributed by atoms with Gasteiger partial charge in [-0.25, -0.2) is 0 Å². The van der Waals surface area contributed by atoms with Crippen molar-refractivity contribution in [1.82, 2.24) is 5.48 Å². The van der Waals surface area contributed by atoms with Gasteiger partial charge in [-0.05, 0) is 40.9 Å². The molecule has 80 valence electrons. The number of hydroxylamine groups is 1. The van der Waals surface area contributed by atoms with E-state index in [9.17, 15) is 0 Å². The molecule has 0 aliphatic carbocycles. The van der Waals surface area contributed by atoms with Gasteiger partial charge in [-0.3, -0.25) is 0 Å². The molecule has 0 fully saturated rings. The van der Waals surface area contributed by atoms with E-state index < -0.39 is 0 Å². The maximum atomic E-state index is 5.38. The zero-order valence-electron chi connectivity index (χ0n) is 8.71. The van der Waals surface area contributed by atoms with E-state index in [2.05, 4.69) is 35.3 Å². The van der Waals surface area contributed by atoms with Gasteiger partial charge in [0.1, 0.15) is 5.76 Å². The summed E-state index contributed by atoms with van der Waals surface area (Å²) < 4.78 is 6.12. The molecular weight excluding hydrogens is 246 g/mol. The molecule has 0 amide bonds. The summed E-state index contributed by atoms with van der Waals surface area (Å²) in [7, 11) is 0. The average Bonchev–Trinajstić information content (AvgIpc) is 2.51. The van der Waals surface area contributed by atoms with Crippen LogP contribution in [0.25, 0.3) is 0 Å². The topological polar surface area (TPSA) is 34.4 Å². The number of nitrogens with one attached hydrogen (secondary N) is 1. The van der Waals surface area contributed by atoms with E-state index >= 15 is 0 Å². The van der Waals surface area contributed by atoms with E-state index in [1.165, 1.54) is 0 Å². The zero-order valence-corrected chi connectivity index (χ0v) is 10.3. The van der Waals surface area contributed by atoms with E-state index in [1.807, 2.05) is 19.1 Å². The second-order valence-corrected chi connectivity index (χ2v) is 4.47. The predicted octanol–water partition coefficient (Wildman–Crippen LogP) is 3.28. The summed E-state index contributed by atoms with van der Waals surface area (Å²) in [5.74, 6) is 1.39. The molecule has 1 N–H and O–H groups in total. The molecule has 1 heterocycles. The van der Waals surface area contributed by atoms with Crippen molar-refractivity contribution in [2.24, 2.45) is 5.92 Å². The Bertz CT molecular complexity index is 273. The van der Waals surface area contributed by atoms with Gasteiger partial charge in [0.25, 0.3) is 0 Å². The molecule has 0 spiro atoms. The summed E-state index contributed by atoms with van der Waals surface area (Å²) in [4.78, 5) is 5.30. The van der Waals surface area contributed by atoms with Gasteiger partial charge >= 0.3 is 0 Å². The van der Waals surface area contributed by atoms with Gasteiger partial charge < -0.3 is 9.25 Å². The molecular formula is C10H16BrNO2. The van der Waals surface area contributed by atoms with Gasteiger partial charge in [-0.2, -0.15) is 5.48 Å². The fourth-order valence-corrected chi connectivity index (χ4v) is 1.28. The van der Waals surface area contributed by atoms with Gasteiger partial charge in [-0.15, -0.1) is 0 Å². The lowest BCUT2D eigenvalue weighted by atomic mass is 10.2. The third-order valence-electron chi connectivity index (χ3n) is 1.70. The molecule has 0 aliphatic heterocycles. The summed E-state index contributed by atoms with van der Waals surface area (Å²) in [6.07, 6.45) is 0. The van der Waals surface area contributed by atoms with Gasteiger partial charge in [0.15, 0.2) is 4.67 Å². The second-order valence-electron chi connectivity index (χ2n) is 3.69. The van der Waals surface area contributed by atoms with Crippen LogP contribution >= 0.6 is 15.9 Å². The van der Waals surface area contributed by atoms with Crippen molar-refractivity contribution in [3.63, 3.8) is 0 Å². The minimum atomic E-state index is 0.0695. The number of hydrogen-bond acceptors (Lipinski definition) is 3. The van der Waals surface area contributed by atoms with Crippen molar-refractivity contribution in [3.8, 4) is 0 Å². The van der Waals surface area contributed by atoms with E-state index in [0.717, 1.165) is 10.4 Å². The molecule has 0 aliphatic rings. The van der Waals surface area contributed by atoms with Crippen LogP contribution in [0.15, 0.2) is 21.2 Å². The number of hydrogen-bond donors (Lipinski definition) is 1. The first kappa shape index (κ1) is 11.8. The Morgan fingerprint density at radius 1 is 1.43 bits per heavy atom. The van der Waals surface area contributed by atoms with Crippen LogP contribution in [0.3, 0.4) is 0 Å². The number of rotatable bonds is 5. The molecule has 0 radical (unpaired) electrons. The minimum Gasteiger partial charge on any atom is -0.453 e. The van der Waals surface area contributed by atoms with Crippen molar-refractivity contribution < 1.29 is 9.25 Å². The van der Waals surface area contributed by atoms with Crippen LogP contribution in [0.2, 0.25) is 0 Å². The maximum Gasteiger partial charge on any atom is 0.169 e. The summed E-state index contributed by atoms with van der Waals surface area (Å²) in [6.45, 7) is 6.91. The largest absolute Gasteiger partial charge is 0.453 e. The Kier molecular flexibility index (Phi) is 4.65. The van der Waals surface area contributed by atoms with E-state index in [1.54, 1.807) is 0 Å². The lowest BCUT2D eigenvalue weighted by Crippen LogP contribution is -2.21. The predicted molar refractivity (Wildman–Crippen MR) is 58.7 cm³/mol. The normalized spacial score (nSPS) is 13.5. The maximum absolute atomic E-state index is 5.38. The number of furan rings is 1. The highest BCUT2D eigenvalue weighted by Gasteiger charge is 2.09. The highest BCUT2D eigenvalue weighted by molar-refractivity contribution is 9.10. The molecule has 1 aromatic rings. The summed E-state index contributed by atoms with van der Waals surface area (Å²) in [5, 5.41) is 0. The van der Waals surface area contributed by atoms with Crippen LogP contribution in [0.1, 0.15) is 32.6 Å². The molecule has 1 atom stereocenters. The molecule has 1 unspecified atom stereocenters. The van der Waals surface area contributed by atoms with Crippen LogP contribution in [-0.2, 0) is 4.84 Å². The smallest absolute Gasteiger partial charge is 0.169 e. The minimum absolute atomic E-state index is 0.0695. The van der Waals surface area contributed by atoms with Crippen molar-refractivity contribution in [1.29, 1.82) is 0 Å². The molecule has 14 heavy (non-hydrogen) atoms. The average molecular weight is 262 g/mol. The molecule has 0 saturated heterocycles. The standard InChI is InChI=1S/C10H16BrNO2/c1-7(2)6-13-12-8(3)9-4-5-10(11)14-9/h4-5,7-8,12H,6H2,1-3H3. The highest BCUT2D eigenvalue weighted by atomic mass is 79.9. The third-order valence-corrected chi connectivity index (χ3v) is 2.12. The Balaban J connectivity index is 2.32. The van der Waals surface area contributed by atoms with Gasteiger partial charge in [0.05, 0.1) is 12.6 Å². The van der Waals surface area contributed by atoms with E-state index in [0.29, 0.717) is 12.5 Å². The molecule has 0 bridgehead atoms. The molecule has 3 nitrogen and oxygen atoms in total. The molecule has 1 rings (SSSR count). The van der Waals surface area contributed by atoms with Crippen molar-refractivity contribution >= 4 is 15.9 Å². The summed E-state index contributed by atoms with van der Waals surface area (Å²) >= 11 is 3.26. The van der Waals surface area contributed by atoms with E-state index in [4.69, 9.17) is 9.25 Å². The molecule has 1 aromatic heterocycles. The molecule has 0 aromatic carbocycles. The first-order chi connectivity index (χ1) is 6.59. The highest BCUT2D eigenvalue weighted by Crippen LogP contribution is 2.19. The van der Waals surface area contributed by atoms with Gasteiger partial charge in [0.2, 0.25) is 0 Å². The van der Waals surface area contributed by atoms with Crippen LogP contribution in [-0.4, -0.2) is 6.61 Å². The lowest BCUT2D eigenvalue weighted by molar-refractivity contribution is -0.000177. The Morgan fingerprint density at radius 3 is 2.64 bits per heavy atom. The van der Waals surface area contributed by atoms with Crippen molar-refractivity contribution in [2.75, 3.05) is 6.61 Å². The SMILES string of the molecule is CC(C)CONC(C)c1ccc(Br)o1. The monoisotopic (exact) mass is 261 g/mol. The van der Waals surface area contributed by atoms with Crippen LogP contribution in [0, 0.1) is 5.92 Å². The molecule has 4 heteroatoms. The Hall–Kier alpha value is -0.320. The molecule has 0 saturated carbocycles. The first-order valence-corrected chi connectivity index (χ1v) is 5.51. The van der Waals surface area contributed by atoms with Crippen LogP contribution in [0.5, 0.6) is 0 Å². The lowest BCUT2D eigenvalue weighted by Gasteiger charge is -2.12. The summed E-state index contributed by atoms with van der Waals surface area (Å²) in [5.41, 5.74) is 2.93. The quantitative estimate of drug-likeness (QED) is 0.827. The van der Waals surface area contributed by atoms with Gasteiger partial charge in [-0.1, -0.05) is 13.8 Å². The Labute approximate surface area is 92.9 Å². The second kappa shape index (κ2) is 5.53. The fraction of sp³-hybridized carbons (Fsp3) is 0.600. The third kappa shape index (κ3) is 3.82. The Morgan fingerprint density at radius 2 is 2.14 bits per heavy atom. The van der Waals surface area contributed by atoms with E-state index in [-0.39, 0.29) is 6.04 Å². The van der Waals surface area contributed by atoms with Gasteiger partial charge in [0, 0.05) is 0 Å². The number of halogens is 1. The first-order valence-electron chi connectivity index (χ1n) is 4.72. The van der Waals surface area contributed by atoms with Crippen LogP contribution < -0.4 is 5.48 Å². The summed E-state index contributed by atoms with van der Waals surface area (Å²) in [6, 6.07) is 3.86. The van der Waals surface area contributed by atoms with Crippen molar-refractivity contribution in [3.05, 3.63) is 22.6 Å².